The second-order valence-electron chi connectivity index (χ2n) is 11.4. The number of fused-ring (bicyclic) bond motifs is 3. The van der Waals surface area contributed by atoms with Crippen LogP contribution in [0, 0.1) is 22.7 Å². The molecule has 39 heavy (non-hydrogen) atoms. The van der Waals surface area contributed by atoms with Gasteiger partial charge in [0.25, 0.3) is 0 Å². The Morgan fingerprint density at radius 3 is 2.54 bits per heavy atom. The summed E-state index contributed by atoms with van der Waals surface area (Å²) in [5, 5.41) is 40.8. The van der Waals surface area contributed by atoms with E-state index in [1.54, 1.807) is 13.0 Å². The summed E-state index contributed by atoms with van der Waals surface area (Å²) < 4.78 is 27.9. The van der Waals surface area contributed by atoms with E-state index in [1.807, 2.05) is 6.92 Å². The molecule has 0 spiro atoms. The summed E-state index contributed by atoms with van der Waals surface area (Å²) in [7, 11) is 1.20. The zero-order valence-corrected chi connectivity index (χ0v) is 21.9. The third-order valence-corrected chi connectivity index (χ3v) is 9.36. The quantitative estimate of drug-likeness (QED) is 0.365. The van der Waals surface area contributed by atoms with Crippen LogP contribution >= 0.6 is 0 Å². The van der Waals surface area contributed by atoms with Crippen LogP contribution in [0.1, 0.15) is 44.8 Å². The lowest BCUT2D eigenvalue weighted by Crippen LogP contribution is -2.65. The van der Waals surface area contributed by atoms with E-state index in [0.717, 1.165) is 0 Å². The summed E-state index contributed by atoms with van der Waals surface area (Å²) >= 11 is 0. The highest BCUT2D eigenvalue weighted by atomic mass is 16.7. The third kappa shape index (κ3) is 4.34. The molecular formula is C27H34O12. The molecule has 1 aromatic rings. The molecule has 0 unspecified atom stereocenters. The van der Waals surface area contributed by atoms with Crippen LogP contribution in [0.5, 0.6) is 0 Å². The number of allylic oxidation sites excluding steroid dienone is 1. The summed E-state index contributed by atoms with van der Waals surface area (Å²) in [5.41, 5.74) is -1.26. The second-order valence-corrected chi connectivity index (χ2v) is 11.4. The highest BCUT2D eigenvalue weighted by Gasteiger charge is 2.67. The van der Waals surface area contributed by atoms with Crippen molar-refractivity contribution in [1.82, 2.24) is 0 Å². The molecule has 0 radical (unpaired) electrons. The van der Waals surface area contributed by atoms with Crippen molar-refractivity contribution in [2.45, 2.75) is 76.0 Å². The number of aliphatic hydroxyl groups is 4. The van der Waals surface area contributed by atoms with Gasteiger partial charge in [0.15, 0.2) is 12.1 Å². The number of furan rings is 1. The first kappa shape index (κ1) is 27.9. The van der Waals surface area contributed by atoms with Crippen LogP contribution in [0.4, 0.5) is 0 Å². The molecule has 2 aliphatic carbocycles. The Morgan fingerprint density at radius 1 is 1.15 bits per heavy atom. The van der Waals surface area contributed by atoms with Crippen molar-refractivity contribution in [3.8, 4) is 0 Å². The number of carbonyl (C=O) groups excluding carboxylic acids is 3. The Bertz CT molecular complexity index is 1140. The number of rotatable bonds is 5. The number of cyclic esters (lactones) is 1. The highest BCUT2D eigenvalue weighted by molar-refractivity contribution is 6.02. The van der Waals surface area contributed by atoms with Crippen molar-refractivity contribution in [2.75, 3.05) is 13.7 Å². The van der Waals surface area contributed by atoms with E-state index in [9.17, 15) is 34.8 Å². The van der Waals surface area contributed by atoms with Crippen molar-refractivity contribution in [3.63, 3.8) is 0 Å². The van der Waals surface area contributed by atoms with Gasteiger partial charge < -0.3 is 43.8 Å². The molecule has 12 nitrogen and oxygen atoms in total. The minimum Gasteiger partial charge on any atom is -0.472 e. The molecular weight excluding hydrogens is 516 g/mol. The molecule has 0 aromatic carbocycles. The smallest absolute Gasteiger partial charge is 0.334 e. The lowest BCUT2D eigenvalue weighted by atomic mass is 9.44. The monoisotopic (exact) mass is 550 g/mol. The second kappa shape index (κ2) is 10.1. The zero-order chi connectivity index (χ0) is 28.3. The van der Waals surface area contributed by atoms with E-state index in [1.165, 1.54) is 25.7 Å². The number of carbonyl (C=O) groups is 3. The van der Waals surface area contributed by atoms with E-state index < -0.39 is 84.1 Å². The van der Waals surface area contributed by atoms with Crippen molar-refractivity contribution in [1.29, 1.82) is 0 Å². The molecule has 0 amide bonds. The first-order valence-electron chi connectivity index (χ1n) is 13.0. The normalized spacial score (nSPS) is 44.1. The molecule has 12 heteroatoms. The molecule has 3 heterocycles. The Hall–Kier alpha value is -2.61. The minimum absolute atomic E-state index is 0.0178. The van der Waals surface area contributed by atoms with E-state index in [-0.39, 0.29) is 24.2 Å². The zero-order valence-electron chi connectivity index (χ0n) is 21.9. The summed E-state index contributed by atoms with van der Waals surface area (Å²) in [5.74, 6) is -2.86. The minimum atomic E-state index is -1.70. The Balaban J connectivity index is 1.57. The van der Waals surface area contributed by atoms with Gasteiger partial charge in [-0.1, -0.05) is 13.8 Å². The van der Waals surface area contributed by atoms with Crippen molar-refractivity contribution >= 4 is 17.7 Å². The predicted molar refractivity (Wildman–Crippen MR) is 128 cm³/mol. The van der Waals surface area contributed by atoms with Crippen molar-refractivity contribution in [3.05, 3.63) is 35.8 Å². The number of hydrogen-bond acceptors (Lipinski definition) is 12. The Labute approximate surface area is 224 Å². The van der Waals surface area contributed by atoms with Crippen LogP contribution in [0.25, 0.3) is 0 Å². The molecule has 1 aromatic heterocycles. The number of hydrogen-bond donors (Lipinski definition) is 4. The fourth-order valence-corrected chi connectivity index (χ4v) is 7.15. The van der Waals surface area contributed by atoms with E-state index in [0.29, 0.717) is 12.0 Å². The summed E-state index contributed by atoms with van der Waals surface area (Å²) in [6.07, 6.45) is -4.67. The molecule has 0 bridgehead atoms. The maximum atomic E-state index is 13.5. The third-order valence-electron chi connectivity index (χ3n) is 9.36. The average Bonchev–Trinajstić information content (AvgIpc) is 3.45. The summed E-state index contributed by atoms with van der Waals surface area (Å²) in [4.78, 5) is 39.5. The number of methoxy groups -OCH3 is 1. The SMILES string of the molecule is COC(=O)C1=CC(=O)C[C@H]2[C@]3(C)C[C@@H](c4ccoc4)OC(=O)[C@H]3C[C@H](O[C@@H]3O[C@H](CO)[C@@H](O)[C@H](O)[C@H]3O)[C@@]12C. The number of ketones is 1. The van der Waals surface area contributed by atoms with Gasteiger partial charge in [-0.05, 0) is 36.3 Å². The highest BCUT2D eigenvalue weighted by Crippen LogP contribution is 2.65. The van der Waals surface area contributed by atoms with Gasteiger partial charge in [-0.15, -0.1) is 0 Å². The molecule has 2 aliphatic heterocycles. The van der Waals surface area contributed by atoms with Gasteiger partial charge in [0.05, 0.1) is 38.3 Å². The fourth-order valence-electron chi connectivity index (χ4n) is 7.15. The summed E-state index contributed by atoms with van der Waals surface area (Å²) in [6, 6.07) is 1.71. The molecule has 4 N–H and O–H groups in total. The van der Waals surface area contributed by atoms with Crippen LogP contribution in [0.2, 0.25) is 0 Å². The van der Waals surface area contributed by atoms with Crippen LogP contribution in [-0.2, 0) is 33.3 Å². The molecule has 11 atom stereocenters. The first-order valence-corrected chi connectivity index (χ1v) is 13.0. The lowest BCUT2D eigenvalue weighted by molar-refractivity contribution is -0.328. The van der Waals surface area contributed by atoms with Crippen molar-refractivity contribution in [2.24, 2.45) is 22.7 Å². The Kier molecular flexibility index (Phi) is 7.23. The van der Waals surface area contributed by atoms with E-state index in [2.05, 4.69) is 0 Å². The van der Waals surface area contributed by atoms with Crippen molar-refractivity contribution < 1.29 is 58.2 Å². The fraction of sp³-hybridized carbons (Fsp3) is 0.667. The van der Waals surface area contributed by atoms with Gasteiger partial charge in [-0.3, -0.25) is 9.59 Å². The van der Waals surface area contributed by atoms with Gasteiger partial charge in [-0.2, -0.15) is 0 Å². The standard InChI is InChI=1S/C27H34O12/c1-26-9-16(12-4-5-36-11-12)37-24(34)14(26)8-19(39-25-22(32)21(31)20(30)17(10-28)38-25)27(2)15(23(33)35-3)6-13(29)7-18(26)27/h4-6,11,14,16-22,25,28,30-32H,7-10H2,1-3H3/t14-,16+,17-,18+,19+,20-,21+,22-,25+,26-,27+/m1/s1. The van der Waals surface area contributed by atoms with E-state index in [4.69, 9.17) is 23.4 Å². The van der Waals surface area contributed by atoms with Gasteiger partial charge in [-0.25, -0.2) is 4.79 Å². The molecule has 4 aliphatic rings. The topological polar surface area (TPSA) is 182 Å². The van der Waals surface area contributed by atoms with Crippen LogP contribution < -0.4 is 0 Å². The molecule has 5 rings (SSSR count). The maximum Gasteiger partial charge on any atom is 0.334 e. The van der Waals surface area contributed by atoms with Gasteiger partial charge in [0.2, 0.25) is 0 Å². The molecule has 2 saturated heterocycles. The maximum absolute atomic E-state index is 13.5. The van der Waals surface area contributed by atoms with E-state index >= 15 is 0 Å². The number of esters is 2. The molecule has 1 saturated carbocycles. The largest absolute Gasteiger partial charge is 0.472 e. The van der Waals surface area contributed by atoms with Gasteiger partial charge in [0, 0.05) is 23.0 Å². The molecule has 214 valence electrons. The molecule has 3 fully saturated rings. The van der Waals surface area contributed by atoms with Crippen LogP contribution in [0.3, 0.4) is 0 Å². The van der Waals surface area contributed by atoms with Crippen LogP contribution in [0.15, 0.2) is 34.7 Å². The van der Waals surface area contributed by atoms with Crippen LogP contribution in [-0.4, -0.2) is 88.7 Å². The lowest BCUT2D eigenvalue weighted by Gasteiger charge is -2.62. The Morgan fingerprint density at radius 2 is 1.90 bits per heavy atom. The predicted octanol–water partition coefficient (Wildman–Crippen LogP) is 0.174. The van der Waals surface area contributed by atoms with Gasteiger partial charge in [0.1, 0.15) is 30.5 Å². The number of aliphatic hydroxyl groups excluding tert-OH is 4. The van der Waals surface area contributed by atoms with Gasteiger partial charge >= 0.3 is 11.9 Å². The summed E-state index contributed by atoms with van der Waals surface area (Å²) in [6.45, 7) is 3.01. The average molecular weight is 551 g/mol. The first-order chi connectivity index (χ1) is 18.4. The number of ether oxygens (including phenoxy) is 4.